The Hall–Kier alpha value is -2.83. The average molecular weight is 330 g/mol. The molecule has 1 saturated carbocycles. The quantitative estimate of drug-likeness (QED) is 0.723. The minimum atomic E-state index is -0.568. The molecule has 0 N–H and O–H groups in total. The van der Waals surface area contributed by atoms with E-state index in [1.165, 1.54) is 13.4 Å². The van der Waals surface area contributed by atoms with Gasteiger partial charge in [0.15, 0.2) is 12.3 Å². The molecule has 0 aliphatic heterocycles. The van der Waals surface area contributed by atoms with Crippen LogP contribution in [0.25, 0.3) is 0 Å². The summed E-state index contributed by atoms with van der Waals surface area (Å²) in [6.45, 7) is 0.156. The molecule has 1 fully saturated rings. The number of amides is 1. The van der Waals surface area contributed by atoms with Gasteiger partial charge in [-0.15, -0.1) is 0 Å². The van der Waals surface area contributed by atoms with E-state index in [1.54, 1.807) is 17.0 Å². The largest absolute Gasteiger partial charge is 0.484 e. The molecule has 1 aromatic carbocycles. The first-order chi connectivity index (χ1) is 11.7. The van der Waals surface area contributed by atoms with E-state index in [4.69, 9.17) is 9.15 Å². The lowest BCUT2D eigenvalue weighted by Gasteiger charge is -2.20. The molecule has 3 rings (SSSR count). The van der Waals surface area contributed by atoms with Crippen molar-refractivity contribution in [2.75, 3.05) is 13.7 Å². The van der Waals surface area contributed by atoms with E-state index in [2.05, 4.69) is 9.72 Å². The molecule has 24 heavy (non-hydrogen) atoms. The minimum Gasteiger partial charge on any atom is -0.484 e. The third kappa shape index (κ3) is 3.92. The Morgan fingerprint density at radius 2 is 2.04 bits per heavy atom. The summed E-state index contributed by atoms with van der Waals surface area (Å²) in [7, 11) is 1.28. The molecule has 0 unspecified atom stereocenters. The fraction of sp³-hybridized carbons (Fsp3) is 0.353. The van der Waals surface area contributed by atoms with Crippen LogP contribution in [0, 0.1) is 0 Å². The number of oxazole rings is 1. The zero-order chi connectivity index (χ0) is 16.9. The third-order valence-electron chi connectivity index (χ3n) is 3.67. The van der Waals surface area contributed by atoms with Crippen LogP contribution >= 0.6 is 0 Å². The van der Waals surface area contributed by atoms with Crippen LogP contribution in [0.3, 0.4) is 0 Å². The number of hydrogen-bond acceptors (Lipinski definition) is 6. The molecule has 1 aliphatic carbocycles. The van der Waals surface area contributed by atoms with E-state index >= 15 is 0 Å². The standard InChI is InChI=1S/C17H18N2O5/c1-22-17(21)14-10-24-15(18-14)9-19(12-7-8-12)16(20)11-23-13-5-3-2-4-6-13/h2-6,10,12H,7-9,11H2,1H3. The number of nitrogens with zero attached hydrogens (tertiary/aromatic N) is 2. The van der Waals surface area contributed by atoms with E-state index in [9.17, 15) is 9.59 Å². The average Bonchev–Trinajstić information content (AvgIpc) is 3.35. The van der Waals surface area contributed by atoms with Gasteiger partial charge in [-0.3, -0.25) is 4.79 Å². The molecule has 7 nitrogen and oxygen atoms in total. The Morgan fingerprint density at radius 3 is 2.71 bits per heavy atom. The zero-order valence-corrected chi connectivity index (χ0v) is 13.3. The van der Waals surface area contributed by atoms with Crippen LogP contribution in [0.15, 0.2) is 41.0 Å². The van der Waals surface area contributed by atoms with Crippen molar-refractivity contribution in [1.82, 2.24) is 9.88 Å². The van der Waals surface area contributed by atoms with Crippen LogP contribution in [0.5, 0.6) is 5.75 Å². The lowest BCUT2D eigenvalue weighted by atomic mass is 10.3. The van der Waals surface area contributed by atoms with Gasteiger partial charge in [0, 0.05) is 6.04 Å². The normalized spacial score (nSPS) is 13.4. The maximum atomic E-state index is 12.4. The van der Waals surface area contributed by atoms with Crippen molar-refractivity contribution in [3.05, 3.63) is 48.2 Å². The molecule has 126 valence electrons. The summed E-state index contributed by atoms with van der Waals surface area (Å²) < 4.78 is 15.4. The van der Waals surface area contributed by atoms with Gasteiger partial charge in [-0.1, -0.05) is 18.2 Å². The van der Waals surface area contributed by atoms with Crippen LogP contribution in [0.4, 0.5) is 0 Å². The van der Waals surface area contributed by atoms with Gasteiger partial charge in [-0.2, -0.15) is 0 Å². The lowest BCUT2D eigenvalue weighted by Crippen LogP contribution is -2.36. The molecule has 1 aromatic heterocycles. The van der Waals surface area contributed by atoms with Gasteiger partial charge in [0.1, 0.15) is 12.0 Å². The molecular formula is C17H18N2O5. The van der Waals surface area contributed by atoms with E-state index in [1.807, 2.05) is 18.2 Å². The van der Waals surface area contributed by atoms with E-state index in [-0.39, 0.29) is 30.8 Å². The maximum absolute atomic E-state index is 12.4. The second-order valence-electron chi connectivity index (χ2n) is 5.47. The Balaban J connectivity index is 1.61. The number of hydrogen-bond donors (Lipinski definition) is 0. The number of rotatable bonds is 7. The first kappa shape index (κ1) is 16.0. The topological polar surface area (TPSA) is 81.9 Å². The second-order valence-corrected chi connectivity index (χ2v) is 5.47. The monoisotopic (exact) mass is 330 g/mol. The molecule has 0 saturated heterocycles. The summed E-state index contributed by atoms with van der Waals surface area (Å²) in [6.07, 6.45) is 3.13. The first-order valence-electron chi connectivity index (χ1n) is 7.67. The number of methoxy groups -OCH3 is 1. The third-order valence-corrected chi connectivity index (χ3v) is 3.67. The summed E-state index contributed by atoms with van der Waals surface area (Å²) in [4.78, 5) is 29.6. The SMILES string of the molecule is COC(=O)c1coc(CN(C(=O)COc2ccccc2)C2CC2)n1. The van der Waals surface area contributed by atoms with Gasteiger partial charge < -0.3 is 18.8 Å². The molecule has 2 aromatic rings. The van der Waals surface area contributed by atoms with Crippen LogP contribution in [-0.2, 0) is 16.1 Å². The molecule has 1 aliphatic rings. The molecule has 0 spiro atoms. The Morgan fingerprint density at radius 1 is 1.29 bits per heavy atom. The van der Waals surface area contributed by atoms with Gasteiger partial charge in [-0.05, 0) is 25.0 Å². The molecule has 1 heterocycles. The highest BCUT2D eigenvalue weighted by molar-refractivity contribution is 5.86. The van der Waals surface area contributed by atoms with Crippen molar-refractivity contribution in [3.8, 4) is 5.75 Å². The summed E-state index contributed by atoms with van der Waals surface area (Å²) in [5.74, 6) is 0.238. The molecule has 0 atom stereocenters. The zero-order valence-electron chi connectivity index (χ0n) is 13.3. The van der Waals surface area contributed by atoms with Crippen molar-refractivity contribution in [3.63, 3.8) is 0 Å². The number of benzene rings is 1. The van der Waals surface area contributed by atoms with Gasteiger partial charge in [0.2, 0.25) is 5.89 Å². The molecule has 0 radical (unpaired) electrons. The van der Waals surface area contributed by atoms with Crippen molar-refractivity contribution in [2.45, 2.75) is 25.4 Å². The van der Waals surface area contributed by atoms with E-state index in [0.29, 0.717) is 11.6 Å². The predicted molar refractivity (Wildman–Crippen MR) is 83.4 cm³/mol. The maximum Gasteiger partial charge on any atom is 0.360 e. The van der Waals surface area contributed by atoms with Crippen molar-refractivity contribution >= 4 is 11.9 Å². The van der Waals surface area contributed by atoms with Crippen LogP contribution in [0.1, 0.15) is 29.2 Å². The van der Waals surface area contributed by atoms with E-state index in [0.717, 1.165) is 12.8 Å². The fourth-order valence-corrected chi connectivity index (χ4v) is 2.28. The highest BCUT2D eigenvalue weighted by atomic mass is 16.5. The fourth-order valence-electron chi connectivity index (χ4n) is 2.28. The number of aromatic nitrogens is 1. The van der Waals surface area contributed by atoms with Crippen molar-refractivity contribution in [1.29, 1.82) is 0 Å². The highest BCUT2D eigenvalue weighted by Crippen LogP contribution is 2.28. The number of carbonyl (C=O) groups excluding carboxylic acids is 2. The van der Waals surface area contributed by atoms with Crippen molar-refractivity contribution in [2.24, 2.45) is 0 Å². The van der Waals surface area contributed by atoms with Gasteiger partial charge >= 0.3 is 5.97 Å². The highest BCUT2D eigenvalue weighted by Gasteiger charge is 2.34. The van der Waals surface area contributed by atoms with Gasteiger partial charge in [0.05, 0.1) is 13.7 Å². The molecule has 0 bridgehead atoms. The minimum absolute atomic E-state index is 0.0505. The number of carbonyl (C=O) groups is 2. The first-order valence-corrected chi connectivity index (χ1v) is 7.67. The van der Waals surface area contributed by atoms with E-state index < -0.39 is 5.97 Å². The summed E-state index contributed by atoms with van der Waals surface area (Å²) in [5, 5.41) is 0. The number of esters is 1. The molecule has 7 heteroatoms. The van der Waals surface area contributed by atoms with Crippen LogP contribution in [0.2, 0.25) is 0 Å². The number of ether oxygens (including phenoxy) is 2. The smallest absolute Gasteiger partial charge is 0.360 e. The van der Waals surface area contributed by atoms with Crippen molar-refractivity contribution < 1.29 is 23.5 Å². The summed E-state index contributed by atoms with van der Waals surface area (Å²) in [6, 6.07) is 9.34. The number of para-hydroxylation sites is 1. The second kappa shape index (κ2) is 7.16. The summed E-state index contributed by atoms with van der Waals surface area (Å²) in [5.41, 5.74) is 0.0937. The Labute approximate surface area is 139 Å². The van der Waals surface area contributed by atoms with Crippen LogP contribution < -0.4 is 4.74 Å². The molecular weight excluding hydrogens is 312 g/mol. The van der Waals surface area contributed by atoms with Crippen LogP contribution in [-0.4, -0.2) is 41.5 Å². The van der Waals surface area contributed by atoms with Gasteiger partial charge in [-0.25, -0.2) is 9.78 Å². The Kier molecular flexibility index (Phi) is 4.79. The predicted octanol–water partition coefficient (Wildman–Crippen LogP) is 2.03. The summed E-state index contributed by atoms with van der Waals surface area (Å²) >= 11 is 0. The van der Waals surface area contributed by atoms with Gasteiger partial charge in [0.25, 0.3) is 5.91 Å². The Bertz CT molecular complexity index is 709. The lowest BCUT2D eigenvalue weighted by molar-refractivity contribution is -0.134. The molecule has 1 amide bonds.